The van der Waals surface area contributed by atoms with E-state index < -0.39 is 0 Å². The molecular formula is C14H22N4O. The number of carbonyl (C=O) groups excluding carboxylic acids is 1. The molecule has 1 amide bonds. The van der Waals surface area contributed by atoms with Crippen molar-refractivity contribution in [3.63, 3.8) is 0 Å². The van der Waals surface area contributed by atoms with Crippen LogP contribution in [0.4, 0.5) is 11.4 Å². The van der Waals surface area contributed by atoms with Crippen LogP contribution in [0.3, 0.4) is 0 Å². The highest BCUT2D eigenvalue weighted by Gasteiger charge is 2.11. The van der Waals surface area contributed by atoms with Crippen LogP contribution >= 0.6 is 0 Å². The molecule has 0 radical (unpaired) electrons. The van der Waals surface area contributed by atoms with Crippen LogP contribution in [-0.2, 0) is 0 Å². The van der Waals surface area contributed by atoms with Crippen LogP contribution in [0.25, 0.3) is 0 Å². The molecule has 1 aromatic rings. The van der Waals surface area contributed by atoms with E-state index in [0.717, 1.165) is 13.0 Å². The summed E-state index contributed by atoms with van der Waals surface area (Å²) in [6, 6.07) is 4.93. The highest BCUT2D eigenvalue weighted by atomic mass is 16.1. The number of amides is 1. The zero-order valence-corrected chi connectivity index (χ0v) is 11.2. The third-order valence-corrected chi connectivity index (χ3v) is 3.38. The lowest BCUT2D eigenvalue weighted by Gasteiger charge is -2.14. The van der Waals surface area contributed by atoms with Gasteiger partial charge >= 0.3 is 0 Å². The second-order valence-electron chi connectivity index (χ2n) is 5.05. The van der Waals surface area contributed by atoms with E-state index in [1.54, 1.807) is 18.2 Å². The number of carbonyl (C=O) groups is 1. The predicted octanol–water partition coefficient (Wildman–Crippen LogP) is 1.07. The molecule has 5 N–H and O–H groups in total. The first-order valence-corrected chi connectivity index (χ1v) is 6.82. The van der Waals surface area contributed by atoms with Gasteiger partial charge in [-0.2, -0.15) is 0 Å². The van der Waals surface area contributed by atoms with Gasteiger partial charge < -0.3 is 21.7 Å². The van der Waals surface area contributed by atoms with E-state index in [-0.39, 0.29) is 5.91 Å². The molecule has 2 rings (SSSR count). The van der Waals surface area contributed by atoms with Gasteiger partial charge in [0.15, 0.2) is 0 Å². The number of hydrogen-bond donors (Lipinski definition) is 3. The average Bonchev–Trinajstić information content (AvgIpc) is 2.86. The molecule has 0 saturated carbocycles. The van der Waals surface area contributed by atoms with E-state index >= 15 is 0 Å². The summed E-state index contributed by atoms with van der Waals surface area (Å²) in [5.74, 6) is -0.111. The van der Waals surface area contributed by atoms with Crippen molar-refractivity contribution in [2.45, 2.75) is 19.3 Å². The topological polar surface area (TPSA) is 84.4 Å². The zero-order chi connectivity index (χ0) is 13.7. The highest BCUT2D eigenvalue weighted by Crippen LogP contribution is 2.13. The molecule has 0 spiro atoms. The Hall–Kier alpha value is -1.75. The number of rotatable bonds is 5. The number of likely N-dealkylation sites (tertiary alicyclic amines) is 1. The fraction of sp³-hybridized carbons (Fsp3) is 0.500. The number of benzene rings is 1. The Morgan fingerprint density at radius 3 is 2.42 bits per heavy atom. The van der Waals surface area contributed by atoms with Gasteiger partial charge in [0.2, 0.25) is 0 Å². The molecule has 1 aliphatic rings. The Morgan fingerprint density at radius 1 is 1.16 bits per heavy atom. The molecule has 0 unspecified atom stereocenters. The first-order chi connectivity index (χ1) is 9.15. The van der Waals surface area contributed by atoms with Crippen molar-refractivity contribution in [3.05, 3.63) is 23.8 Å². The molecule has 5 nitrogen and oxygen atoms in total. The van der Waals surface area contributed by atoms with Gasteiger partial charge in [0.05, 0.1) is 0 Å². The number of nitrogens with one attached hydrogen (secondary N) is 1. The molecule has 0 aromatic heterocycles. The first-order valence-electron chi connectivity index (χ1n) is 6.82. The summed E-state index contributed by atoms with van der Waals surface area (Å²) in [5, 5.41) is 2.90. The Morgan fingerprint density at radius 2 is 1.79 bits per heavy atom. The van der Waals surface area contributed by atoms with Crippen molar-refractivity contribution in [3.8, 4) is 0 Å². The molecule has 1 heterocycles. The lowest BCUT2D eigenvalue weighted by Crippen LogP contribution is -2.28. The van der Waals surface area contributed by atoms with Crippen molar-refractivity contribution < 1.29 is 4.79 Å². The van der Waals surface area contributed by atoms with Gasteiger partial charge in [-0.05, 0) is 57.1 Å². The molecule has 5 heteroatoms. The fourth-order valence-corrected chi connectivity index (χ4v) is 2.42. The lowest BCUT2D eigenvalue weighted by atomic mass is 10.1. The summed E-state index contributed by atoms with van der Waals surface area (Å²) in [4.78, 5) is 14.3. The number of anilines is 2. The SMILES string of the molecule is Nc1cc(N)cc(C(=O)NCCCN2CCCC2)c1. The maximum absolute atomic E-state index is 11.9. The predicted molar refractivity (Wildman–Crippen MR) is 77.9 cm³/mol. The van der Waals surface area contributed by atoms with Crippen LogP contribution in [-0.4, -0.2) is 37.0 Å². The van der Waals surface area contributed by atoms with Crippen LogP contribution in [0.5, 0.6) is 0 Å². The van der Waals surface area contributed by atoms with Crippen molar-refractivity contribution >= 4 is 17.3 Å². The van der Waals surface area contributed by atoms with E-state index in [4.69, 9.17) is 11.5 Å². The third-order valence-electron chi connectivity index (χ3n) is 3.38. The van der Waals surface area contributed by atoms with Gasteiger partial charge in [0.25, 0.3) is 5.91 Å². The van der Waals surface area contributed by atoms with Gasteiger partial charge in [-0.1, -0.05) is 0 Å². The van der Waals surface area contributed by atoms with Crippen molar-refractivity contribution in [1.82, 2.24) is 10.2 Å². The van der Waals surface area contributed by atoms with Gasteiger partial charge in [0.1, 0.15) is 0 Å². The average molecular weight is 262 g/mol. The Balaban J connectivity index is 1.74. The summed E-state index contributed by atoms with van der Waals surface area (Å²) in [6.07, 6.45) is 3.58. The molecule has 1 fully saturated rings. The second-order valence-corrected chi connectivity index (χ2v) is 5.05. The van der Waals surface area contributed by atoms with Gasteiger partial charge in [-0.15, -0.1) is 0 Å². The van der Waals surface area contributed by atoms with E-state index in [9.17, 15) is 4.79 Å². The number of nitrogen functional groups attached to an aromatic ring is 2. The molecule has 1 aliphatic heterocycles. The lowest BCUT2D eigenvalue weighted by molar-refractivity contribution is 0.0952. The number of nitrogens with zero attached hydrogens (tertiary/aromatic N) is 1. The fourth-order valence-electron chi connectivity index (χ4n) is 2.42. The maximum atomic E-state index is 11.9. The van der Waals surface area contributed by atoms with Crippen LogP contribution in [0.1, 0.15) is 29.6 Å². The summed E-state index contributed by atoms with van der Waals surface area (Å²) < 4.78 is 0. The molecule has 19 heavy (non-hydrogen) atoms. The molecule has 104 valence electrons. The Bertz CT molecular complexity index is 421. The first kappa shape index (κ1) is 13.7. The largest absolute Gasteiger partial charge is 0.399 e. The Kier molecular flexibility index (Phi) is 4.63. The van der Waals surface area contributed by atoms with E-state index in [0.29, 0.717) is 23.5 Å². The number of nitrogens with two attached hydrogens (primary N) is 2. The van der Waals surface area contributed by atoms with E-state index in [2.05, 4.69) is 10.2 Å². The second kappa shape index (κ2) is 6.43. The van der Waals surface area contributed by atoms with Crippen molar-refractivity contribution in [2.24, 2.45) is 0 Å². The summed E-state index contributed by atoms with van der Waals surface area (Å²) in [6.45, 7) is 4.13. The van der Waals surface area contributed by atoms with Crippen molar-refractivity contribution in [1.29, 1.82) is 0 Å². The quantitative estimate of drug-likeness (QED) is 0.547. The van der Waals surface area contributed by atoms with E-state index in [1.165, 1.54) is 25.9 Å². The standard InChI is InChI=1S/C14H22N4O/c15-12-8-11(9-13(16)10-12)14(19)17-4-3-7-18-5-1-2-6-18/h8-10H,1-7,15-16H2,(H,17,19). The molecule has 0 bridgehead atoms. The van der Waals surface area contributed by atoms with Gasteiger partial charge in [-0.25, -0.2) is 0 Å². The monoisotopic (exact) mass is 262 g/mol. The summed E-state index contributed by atoms with van der Waals surface area (Å²) in [5.41, 5.74) is 12.9. The molecule has 0 atom stereocenters. The number of hydrogen-bond acceptors (Lipinski definition) is 4. The molecule has 1 aromatic carbocycles. The Labute approximate surface area is 113 Å². The van der Waals surface area contributed by atoms with Crippen LogP contribution < -0.4 is 16.8 Å². The summed E-state index contributed by atoms with van der Waals surface area (Å²) in [7, 11) is 0. The normalized spacial score (nSPS) is 15.6. The van der Waals surface area contributed by atoms with Crippen molar-refractivity contribution in [2.75, 3.05) is 37.6 Å². The minimum Gasteiger partial charge on any atom is -0.399 e. The van der Waals surface area contributed by atoms with Gasteiger partial charge in [-0.3, -0.25) is 4.79 Å². The van der Waals surface area contributed by atoms with Gasteiger partial charge in [0, 0.05) is 23.5 Å². The maximum Gasteiger partial charge on any atom is 0.251 e. The smallest absolute Gasteiger partial charge is 0.251 e. The van der Waals surface area contributed by atoms with Crippen LogP contribution in [0.15, 0.2) is 18.2 Å². The third kappa shape index (κ3) is 4.13. The van der Waals surface area contributed by atoms with Crippen LogP contribution in [0, 0.1) is 0 Å². The minimum atomic E-state index is -0.111. The van der Waals surface area contributed by atoms with Crippen LogP contribution in [0.2, 0.25) is 0 Å². The van der Waals surface area contributed by atoms with E-state index in [1.807, 2.05) is 0 Å². The summed E-state index contributed by atoms with van der Waals surface area (Å²) >= 11 is 0. The molecule has 0 aliphatic carbocycles. The zero-order valence-electron chi connectivity index (χ0n) is 11.2. The molecule has 1 saturated heterocycles. The highest BCUT2D eigenvalue weighted by molar-refractivity contribution is 5.96. The molecular weight excluding hydrogens is 240 g/mol. The minimum absolute atomic E-state index is 0.111.